The molecule has 30 heavy (non-hydrogen) atoms. The second kappa shape index (κ2) is 7.55. The number of hydrogen-bond acceptors (Lipinski definition) is 1. The number of halogens is 3. The SMILES string of the molecule is C=C(N)c1ccc(CC)c(F)c1-c1c(Cl)c(F)cc2c1CC(C)(c1ccccc1)C2. The molecule has 0 bridgehead atoms. The molecule has 0 fully saturated rings. The Kier molecular flexibility index (Phi) is 5.19. The molecule has 0 heterocycles. The van der Waals surface area contributed by atoms with E-state index in [1.165, 1.54) is 6.07 Å². The van der Waals surface area contributed by atoms with Crippen LogP contribution in [0.5, 0.6) is 0 Å². The van der Waals surface area contributed by atoms with Gasteiger partial charge in [-0.05, 0) is 47.6 Å². The van der Waals surface area contributed by atoms with E-state index in [0.717, 1.165) is 16.7 Å². The number of hydrogen-bond donors (Lipinski definition) is 1. The molecule has 0 aliphatic heterocycles. The van der Waals surface area contributed by atoms with Gasteiger partial charge in [-0.2, -0.15) is 0 Å². The molecule has 3 aromatic carbocycles. The Balaban J connectivity index is 2.00. The molecular formula is C26H24ClF2N. The Morgan fingerprint density at radius 2 is 1.80 bits per heavy atom. The average molecular weight is 424 g/mol. The first-order valence-electron chi connectivity index (χ1n) is 10.1. The molecule has 4 heteroatoms. The van der Waals surface area contributed by atoms with Crippen molar-refractivity contribution in [3.8, 4) is 11.1 Å². The van der Waals surface area contributed by atoms with Gasteiger partial charge in [0.2, 0.25) is 0 Å². The summed E-state index contributed by atoms with van der Waals surface area (Å²) < 4.78 is 30.5. The Hall–Kier alpha value is -2.65. The first-order chi connectivity index (χ1) is 14.3. The molecule has 1 unspecified atom stereocenters. The van der Waals surface area contributed by atoms with Crippen molar-refractivity contribution in [2.24, 2.45) is 5.73 Å². The van der Waals surface area contributed by atoms with E-state index in [-0.39, 0.29) is 21.7 Å². The summed E-state index contributed by atoms with van der Waals surface area (Å²) in [7, 11) is 0. The topological polar surface area (TPSA) is 26.0 Å². The van der Waals surface area contributed by atoms with Crippen LogP contribution in [-0.2, 0) is 24.7 Å². The van der Waals surface area contributed by atoms with E-state index >= 15 is 4.39 Å². The van der Waals surface area contributed by atoms with Crippen LogP contribution in [0.2, 0.25) is 5.02 Å². The summed E-state index contributed by atoms with van der Waals surface area (Å²) in [4.78, 5) is 0. The molecule has 0 aromatic heterocycles. The van der Waals surface area contributed by atoms with Crippen LogP contribution >= 0.6 is 11.6 Å². The highest BCUT2D eigenvalue weighted by atomic mass is 35.5. The summed E-state index contributed by atoms with van der Waals surface area (Å²) >= 11 is 6.48. The summed E-state index contributed by atoms with van der Waals surface area (Å²) in [6.07, 6.45) is 1.79. The number of aryl methyl sites for hydroxylation is 1. The van der Waals surface area contributed by atoms with Gasteiger partial charge < -0.3 is 5.73 Å². The molecule has 0 saturated carbocycles. The molecule has 1 atom stereocenters. The van der Waals surface area contributed by atoms with Crippen molar-refractivity contribution in [2.75, 3.05) is 0 Å². The van der Waals surface area contributed by atoms with Crippen LogP contribution in [-0.4, -0.2) is 0 Å². The van der Waals surface area contributed by atoms with Crippen LogP contribution in [0.1, 0.15) is 41.7 Å². The van der Waals surface area contributed by atoms with Crippen LogP contribution in [0.4, 0.5) is 8.78 Å². The van der Waals surface area contributed by atoms with Gasteiger partial charge in [-0.25, -0.2) is 8.78 Å². The largest absolute Gasteiger partial charge is 0.399 e. The van der Waals surface area contributed by atoms with Crippen LogP contribution in [0.15, 0.2) is 55.1 Å². The lowest BCUT2D eigenvalue weighted by molar-refractivity contribution is 0.503. The molecule has 0 amide bonds. The van der Waals surface area contributed by atoms with E-state index in [4.69, 9.17) is 17.3 Å². The van der Waals surface area contributed by atoms with E-state index in [1.54, 1.807) is 12.1 Å². The van der Waals surface area contributed by atoms with Gasteiger partial charge in [0.25, 0.3) is 0 Å². The summed E-state index contributed by atoms with van der Waals surface area (Å²) in [5.41, 5.74) is 10.5. The Morgan fingerprint density at radius 3 is 2.43 bits per heavy atom. The molecule has 4 rings (SSSR count). The fourth-order valence-corrected chi connectivity index (χ4v) is 4.92. The third-order valence-corrected chi connectivity index (χ3v) is 6.61. The van der Waals surface area contributed by atoms with E-state index in [2.05, 4.69) is 25.6 Å². The fraction of sp³-hybridized carbons (Fsp3) is 0.231. The van der Waals surface area contributed by atoms with Gasteiger partial charge >= 0.3 is 0 Å². The smallest absolute Gasteiger partial charge is 0.142 e. The van der Waals surface area contributed by atoms with Gasteiger partial charge in [0.15, 0.2) is 0 Å². The monoisotopic (exact) mass is 423 g/mol. The molecule has 154 valence electrons. The fourth-order valence-electron chi connectivity index (χ4n) is 4.66. The van der Waals surface area contributed by atoms with Crippen molar-refractivity contribution >= 4 is 17.3 Å². The van der Waals surface area contributed by atoms with Crippen molar-refractivity contribution in [3.63, 3.8) is 0 Å². The molecule has 0 saturated heterocycles. The Labute approximate surface area is 181 Å². The van der Waals surface area contributed by atoms with Crippen LogP contribution in [0.3, 0.4) is 0 Å². The lowest BCUT2D eigenvalue weighted by atomic mass is 9.79. The normalized spacial score (nSPS) is 17.8. The summed E-state index contributed by atoms with van der Waals surface area (Å²) in [5.74, 6) is -0.956. The van der Waals surface area contributed by atoms with E-state index in [9.17, 15) is 4.39 Å². The third-order valence-electron chi connectivity index (χ3n) is 6.24. The maximum atomic E-state index is 15.6. The van der Waals surface area contributed by atoms with Crippen LogP contribution < -0.4 is 5.73 Å². The minimum atomic E-state index is -0.544. The highest BCUT2D eigenvalue weighted by Gasteiger charge is 2.38. The predicted molar refractivity (Wildman–Crippen MR) is 121 cm³/mol. The maximum Gasteiger partial charge on any atom is 0.142 e. The second-order valence-corrected chi connectivity index (χ2v) is 8.68. The van der Waals surface area contributed by atoms with Gasteiger partial charge in [-0.1, -0.05) is 74.5 Å². The molecule has 1 aliphatic rings. The van der Waals surface area contributed by atoms with Gasteiger partial charge in [0.1, 0.15) is 11.6 Å². The molecule has 1 aliphatic carbocycles. The number of fused-ring (bicyclic) bond motifs is 1. The van der Waals surface area contributed by atoms with E-state index in [1.807, 2.05) is 25.1 Å². The molecule has 0 radical (unpaired) electrons. The number of benzene rings is 3. The molecular weight excluding hydrogens is 400 g/mol. The predicted octanol–water partition coefficient (Wildman–Crippen LogP) is 6.83. The molecule has 2 N–H and O–H groups in total. The summed E-state index contributed by atoms with van der Waals surface area (Å²) in [5, 5.41) is -0.0688. The van der Waals surface area contributed by atoms with Crippen LogP contribution in [0, 0.1) is 11.6 Å². The Morgan fingerprint density at radius 1 is 1.10 bits per heavy atom. The molecule has 0 spiro atoms. The van der Waals surface area contributed by atoms with Crippen molar-refractivity contribution in [1.82, 2.24) is 0 Å². The summed E-state index contributed by atoms with van der Waals surface area (Å²) in [6, 6.07) is 15.1. The van der Waals surface area contributed by atoms with Crippen molar-refractivity contribution in [3.05, 3.63) is 99.6 Å². The second-order valence-electron chi connectivity index (χ2n) is 8.31. The number of rotatable bonds is 4. The Bertz CT molecular complexity index is 1150. The minimum Gasteiger partial charge on any atom is -0.399 e. The highest BCUT2D eigenvalue weighted by Crippen LogP contribution is 2.48. The standard InChI is InChI=1S/C26H24ClF2N/c1-4-16-10-11-19(15(2)30)23(25(16)29)22-20-14-26(3,18-8-6-5-7-9-18)13-17(20)12-21(28)24(22)27/h5-12H,2,4,13-14,30H2,1,3H3. The lowest BCUT2D eigenvalue weighted by Gasteiger charge is -2.24. The van der Waals surface area contributed by atoms with Crippen molar-refractivity contribution < 1.29 is 8.78 Å². The first kappa shape index (κ1) is 20.6. The van der Waals surface area contributed by atoms with Gasteiger partial charge in [0, 0.05) is 27.8 Å². The third kappa shape index (κ3) is 3.22. The van der Waals surface area contributed by atoms with Crippen molar-refractivity contribution in [2.45, 2.75) is 38.5 Å². The van der Waals surface area contributed by atoms with Crippen LogP contribution in [0.25, 0.3) is 16.8 Å². The zero-order valence-electron chi connectivity index (χ0n) is 17.2. The first-order valence-corrected chi connectivity index (χ1v) is 10.5. The minimum absolute atomic E-state index is 0.0688. The average Bonchev–Trinajstić information content (AvgIpc) is 3.07. The van der Waals surface area contributed by atoms with E-state index in [0.29, 0.717) is 36.0 Å². The zero-order chi connectivity index (χ0) is 21.6. The van der Waals surface area contributed by atoms with Gasteiger partial charge in [-0.3, -0.25) is 0 Å². The highest BCUT2D eigenvalue weighted by molar-refractivity contribution is 6.34. The van der Waals surface area contributed by atoms with Crippen molar-refractivity contribution in [1.29, 1.82) is 0 Å². The quantitative estimate of drug-likeness (QED) is 0.488. The maximum absolute atomic E-state index is 15.6. The van der Waals surface area contributed by atoms with Gasteiger partial charge in [0.05, 0.1) is 5.02 Å². The zero-order valence-corrected chi connectivity index (χ0v) is 17.9. The number of nitrogens with two attached hydrogens (primary N) is 1. The molecule has 1 nitrogen and oxygen atoms in total. The lowest BCUT2D eigenvalue weighted by Crippen LogP contribution is -2.22. The van der Waals surface area contributed by atoms with E-state index < -0.39 is 11.6 Å². The summed E-state index contributed by atoms with van der Waals surface area (Å²) in [6.45, 7) is 7.83. The van der Waals surface area contributed by atoms with Gasteiger partial charge in [-0.15, -0.1) is 0 Å². The molecule has 3 aromatic rings.